The molecule has 1 aliphatic rings. The number of nitrogens with two attached hydrogens (primary N) is 1. The average Bonchev–Trinajstić information content (AvgIpc) is 2.13. The topological polar surface area (TPSA) is 66.6 Å². The average molecular weight is 217 g/mol. The van der Waals surface area contributed by atoms with Gasteiger partial charge in [-0.3, -0.25) is 9.69 Å². The summed E-state index contributed by atoms with van der Waals surface area (Å²) in [7, 11) is 0. The fourth-order valence-corrected chi connectivity index (χ4v) is 1.20. The van der Waals surface area contributed by atoms with E-state index in [2.05, 4.69) is 0 Å². The first-order chi connectivity index (χ1) is 4.68. The number of hydrogen-bond acceptors (Lipinski definition) is 3. The minimum absolute atomic E-state index is 0. The highest BCUT2D eigenvalue weighted by Crippen LogP contribution is 2.05. The van der Waals surface area contributed by atoms with Crippen LogP contribution in [-0.4, -0.2) is 41.7 Å². The maximum atomic E-state index is 10.2. The largest absolute Gasteiger partial charge is 0.480 e. The van der Waals surface area contributed by atoms with Crippen molar-refractivity contribution >= 4 is 30.8 Å². The van der Waals surface area contributed by atoms with Crippen LogP contribution >= 0.6 is 24.8 Å². The number of likely N-dealkylation sites (tertiary alicyclic amines) is 1. The quantitative estimate of drug-likeness (QED) is 0.680. The molecular formula is C6H14Cl2N2O2. The van der Waals surface area contributed by atoms with Crippen LogP contribution in [0, 0.1) is 0 Å². The molecule has 0 amide bonds. The zero-order valence-corrected chi connectivity index (χ0v) is 8.24. The van der Waals surface area contributed by atoms with Gasteiger partial charge in [0.2, 0.25) is 0 Å². The molecule has 4 nitrogen and oxygen atoms in total. The molecule has 1 fully saturated rings. The van der Waals surface area contributed by atoms with Gasteiger partial charge in [0.25, 0.3) is 0 Å². The van der Waals surface area contributed by atoms with E-state index in [1.165, 1.54) is 0 Å². The van der Waals surface area contributed by atoms with Gasteiger partial charge >= 0.3 is 5.97 Å². The van der Waals surface area contributed by atoms with Crippen molar-refractivity contribution in [2.24, 2.45) is 5.73 Å². The highest BCUT2D eigenvalue weighted by Gasteiger charge is 2.20. The van der Waals surface area contributed by atoms with E-state index < -0.39 is 5.97 Å². The first-order valence-electron chi connectivity index (χ1n) is 3.38. The molecule has 1 saturated heterocycles. The standard InChI is InChI=1S/C6H12N2O2.2ClH/c7-5-1-2-8(3-5)4-6(9)10;;/h5H,1-4,7H2,(H,9,10);2*1H/t5-;;/m0../s1. The fraction of sp³-hybridized carbons (Fsp3) is 0.833. The first-order valence-corrected chi connectivity index (χ1v) is 3.38. The van der Waals surface area contributed by atoms with Crippen LogP contribution in [0.25, 0.3) is 0 Å². The lowest BCUT2D eigenvalue weighted by Gasteiger charge is -2.10. The first kappa shape index (κ1) is 14.5. The van der Waals surface area contributed by atoms with Gasteiger partial charge < -0.3 is 10.8 Å². The Balaban J connectivity index is 0. The molecule has 12 heavy (non-hydrogen) atoms. The van der Waals surface area contributed by atoms with Gasteiger partial charge in [-0.15, -0.1) is 24.8 Å². The van der Waals surface area contributed by atoms with E-state index in [4.69, 9.17) is 10.8 Å². The van der Waals surface area contributed by atoms with Crippen molar-refractivity contribution in [3.8, 4) is 0 Å². The summed E-state index contributed by atoms with van der Waals surface area (Å²) < 4.78 is 0. The number of carboxylic acids is 1. The molecule has 1 atom stereocenters. The second-order valence-corrected chi connectivity index (χ2v) is 2.68. The Kier molecular flexibility index (Phi) is 7.83. The molecule has 3 N–H and O–H groups in total. The van der Waals surface area contributed by atoms with E-state index in [0.29, 0.717) is 0 Å². The van der Waals surface area contributed by atoms with Crippen molar-refractivity contribution in [3.05, 3.63) is 0 Å². The highest BCUT2D eigenvalue weighted by atomic mass is 35.5. The Morgan fingerprint density at radius 2 is 2.17 bits per heavy atom. The van der Waals surface area contributed by atoms with Crippen LogP contribution in [0.1, 0.15) is 6.42 Å². The van der Waals surface area contributed by atoms with E-state index in [1.807, 2.05) is 4.90 Å². The summed E-state index contributed by atoms with van der Waals surface area (Å²) in [5, 5.41) is 8.38. The summed E-state index contributed by atoms with van der Waals surface area (Å²) in [6, 6.07) is 0.180. The lowest BCUT2D eigenvalue weighted by Crippen LogP contribution is -2.30. The molecule has 0 aromatic rings. The molecule has 1 aliphatic heterocycles. The van der Waals surface area contributed by atoms with Crippen LogP contribution in [0.5, 0.6) is 0 Å². The lowest BCUT2D eigenvalue weighted by molar-refractivity contribution is -0.138. The number of carbonyl (C=O) groups is 1. The molecule has 0 saturated carbocycles. The summed E-state index contributed by atoms with van der Waals surface area (Å²) in [6.45, 7) is 1.69. The predicted octanol–water partition coefficient (Wildman–Crippen LogP) is -0.0524. The molecule has 1 heterocycles. The SMILES string of the molecule is Cl.Cl.N[C@H]1CCN(CC(=O)O)C1. The van der Waals surface area contributed by atoms with Gasteiger partial charge in [-0.1, -0.05) is 0 Å². The zero-order chi connectivity index (χ0) is 7.56. The summed E-state index contributed by atoms with van der Waals surface area (Å²) in [5.74, 6) is -0.769. The number of nitrogens with zero attached hydrogens (tertiary/aromatic N) is 1. The molecule has 0 aromatic carbocycles. The molecule has 0 radical (unpaired) electrons. The molecule has 0 aromatic heterocycles. The van der Waals surface area contributed by atoms with Gasteiger partial charge in [-0.2, -0.15) is 0 Å². The van der Waals surface area contributed by atoms with Crippen LogP contribution in [0.3, 0.4) is 0 Å². The second-order valence-electron chi connectivity index (χ2n) is 2.68. The summed E-state index contributed by atoms with van der Waals surface area (Å²) >= 11 is 0. The van der Waals surface area contributed by atoms with Crippen LogP contribution < -0.4 is 5.73 Å². The monoisotopic (exact) mass is 216 g/mol. The Labute approximate surface area is 83.9 Å². The summed E-state index contributed by atoms with van der Waals surface area (Å²) in [6.07, 6.45) is 0.924. The van der Waals surface area contributed by atoms with Crippen LogP contribution in [0.15, 0.2) is 0 Å². The van der Waals surface area contributed by atoms with Gasteiger partial charge in [0.05, 0.1) is 6.54 Å². The van der Waals surface area contributed by atoms with Crippen molar-refractivity contribution < 1.29 is 9.90 Å². The van der Waals surface area contributed by atoms with Crippen molar-refractivity contribution in [2.45, 2.75) is 12.5 Å². The van der Waals surface area contributed by atoms with Crippen LogP contribution in [0.2, 0.25) is 0 Å². The van der Waals surface area contributed by atoms with Crippen molar-refractivity contribution in [3.63, 3.8) is 0 Å². The Morgan fingerprint density at radius 3 is 2.50 bits per heavy atom. The molecule has 0 spiro atoms. The van der Waals surface area contributed by atoms with Gasteiger partial charge in [0.1, 0.15) is 0 Å². The molecule has 1 rings (SSSR count). The van der Waals surface area contributed by atoms with E-state index in [9.17, 15) is 4.79 Å². The third-order valence-corrected chi connectivity index (χ3v) is 1.67. The fourth-order valence-electron chi connectivity index (χ4n) is 1.20. The Bertz CT molecular complexity index is 146. The number of aliphatic carboxylic acids is 1. The molecule has 0 bridgehead atoms. The van der Waals surface area contributed by atoms with Crippen LogP contribution in [0.4, 0.5) is 0 Å². The Hall–Kier alpha value is -0.0300. The van der Waals surface area contributed by atoms with Gasteiger partial charge in [-0.25, -0.2) is 0 Å². The number of rotatable bonds is 2. The Morgan fingerprint density at radius 1 is 1.58 bits per heavy atom. The van der Waals surface area contributed by atoms with E-state index in [1.54, 1.807) is 0 Å². The summed E-state index contributed by atoms with van der Waals surface area (Å²) in [4.78, 5) is 12.0. The van der Waals surface area contributed by atoms with E-state index >= 15 is 0 Å². The van der Waals surface area contributed by atoms with Gasteiger partial charge in [-0.05, 0) is 6.42 Å². The van der Waals surface area contributed by atoms with Crippen molar-refractivity contribution in [2.75, 3.05) is 19.6 Å². The van der Waals surface area contributed by atoms with Crippen molar-refractivity contribution in [1.29, 1.82) is 0 Å². The third-order valence-electron chi connectivity index (χ3n) is 1.67. The zero-order valence-electron chi connectivity index (χ0n) is 6.60. The highest BCUT2D eigenvalue weighted by molar-refractivity contribution is 5.85. The second kappa shape index (κ2) is 6.48. The van der Waals surface area contributed by atoms with Gasteiger partial charge in [0, 0.05) is 19.1 Å². The van der Waals surface area contributed by atoms with Crippen molar-refractivity contribution in [1.82, 2.24) is 4.90 Å². The molecule has 0 unspecified atom stereocenters. The minimum atomic E-state index is -0.769. The molecular weight excluding hydrogens is 203 g/mol. The lowest BCUT2D eigenvalue weighted by atomic mass is 10.3. The normalized spacial score (nSPS) is 22.6. The third kappa shape index (κ3) is 4.77. The number of halogens is 2. The predicted molar refractivity (Wildman–Crippen MR) is 51.2 cm³/mol. The summed E-state index contributed by atoms with van der Waals surface area (Å²) in [5.41, 5.74) is 5.57. The van der Waals surface area contributed by atoms with E-state index in [0.717, 1.165) is 19.5 Å². The number of hydrogen-bond donors (Lipinski definition) is 2. The number of carboxylic acid groups (broad SMARTS) is 1. The molecule has 6 heteroatoms. The molecule has 0 aliphatic carbocycles. The maximum Gasteiger partial charge on any atom is 0.317 e. The maximum absolute atomic E-state index is 10.2. The van der Waals surface area contributed by atoms with Gasteiger partial charge in [0.15, 0.2) is 0 Å². The molecule has 74 valence electrons. The minimum Gasteiger partial charge on any atom is -0.480 e. The van der Waals surface area contributed by atoms with E-state index in [-0.39, 0.29) is 37.4 Å². The van der Waals surface area contributed by atoms with Crippen LogP contribution in [-0.2, 0) is 4.79 Å². The smallest absolute Gasteiger partial charge is 0.317 e.